The summed E-state index contributed by atoms with van der Waals surface area (Å²) >= 11 is 0. The van der Waals surface area contributed by atoms with Crippen LogP contribution in [0.3, 0.4) is 0 Å². The minimum atomic E-state index is -0.191. The first-order valence-corrected chi connectivity index (χ1v) is 18.6. The van der Waals surface area contributed by atoms with Gasteiger partial charge in [0.1, 0.15) is 22.3 Å². The van der Waals surface area contributed by atoms with E-state index in [0.717, 1.165) is 66.5 Å². The van der Waals surface area contributed by atoms with E-state index in [1.54, 1.807) is 0 Å². The lowest BCUT2D eigenvalue weighted by molar-refractivity contribution is 0.660. The van der Waals surface area contributed by atoms with E-state index >= 15 is 0 Å². The molecule has 54 heavy (non-hydrogen) atoms. The van der Waals surface area contributed by atoms with Crippen molar-refractivity contribution in [3.8, 4) is 33.4 Å². The van der Waals surface area contributed by atoms with Crippen LogP contribution in [0.4, 0.5) is 17.1 Å². The van der Waals surface area contributed by atoms with Crippen LogP contribution >= 0.6 is 0 Å². The van der Waals surface area contributed by atoms with Crippen LogP contribution in [0.15, 0.2) is 185 Å². The van der Waals surface area contributed by atoms with Crippen LogP contribution in [0.1, 0.15) is 25.0 Å². The Morgan fingerprint density at radius 3 is 1.83 bits per heavy atom. The van der Waals surface area contributed by atoms with Gasteiger partial charge in [0.25, 0.3) is 0 Å². The molecule has 0 atom stereocenters. The molecular formula is C51H35NO2. The molecule has 0 bridgehead atoms. The Kier molecular flexibility index (Phi) is 6.60. The Morgan fingerprint density at radius 2 is 1.02 bits per heavy atom. The fourth-order valence-electron chi connectivity index (χ4n) is 8.78. The summed E-state index contributed by atoms with van der Waals surface area (Å²) in [6.45, 7) is 4.70. The molecule has 0 radical (unpaired) electrons. The summed E-state index contributed by atoms with van der Waals surface area (Å²) in [5, 5.41) is 4.38. The summed E-state index contributed by atoms with van der Waals surface area (Å²) in [6.07, 6.45) is 0. The van der Waals surface area contributed by atoms with Crippen LogP contribution in [-0.4, -0.2) is 0 Å². The molecule has 0 aliphatic heterocycles. The monoisotopic (exact) mass is 693 g/mol. The Bertz CT molecular complexity index is 3080. The fraction of sp³-hybridized carbons (Fsp3) is 0.0588. The second-order valence-corrected chi connectivity index (χ2v) is 14.9. The van der Waals surface area contributed by atoms with Crippen molar-refractivity contribution in [3.63, 3.8) is 0 Å². The Hall–Kier alpha value is -6.84. The molecule has 0 unspecified atom stereocenters. The highest BCUT2D eigenvalue weighted by Gasteiger charge is 2.36. The first-order valence-electron chi connectivity index (χ1n) is 18.6. The highest BCUT2D eigenvalue weighted by atomic mass is 16.3. The molecule has 0 saturated carbocycles. The minimum Gasteiger partial charge on any atom is -0.456 e. The zero-order chi connectivity index (χ0) is 36.0. The largest absolute Gasteiger partial charge is 0.456 e. The van der Waals surface area contributed by atoms with E-state index in [9.17, 15) is 0 Å². The van der Waals surface area contributed by atoms with Gasteiger partial charge in [0.05, 0.1) is 11.1 Å². The molecule has 2 aromatic heterocycles. The zero-order valence-corrected chi connectivity index (χ0v) is 30.0. The summed E-state index contributed by atoms with van der Waals surface area (Å²) in [6, 6.07) is 63.0. The normalized spacial score (nSPS) is 13.1. The van der Waals surface area contributed by atoms with Crippen molar-refractivity contribution >= 4 is 60.9 Å². The van der Waals surface area contributed by atoms with E-state index in [-0.39, 0.29) is 5.41 Å². The number of benzene rings is 8. The molecule has 1 aliphatic carbocycles. The smallest absolute Gasteiger partial charge is 0.137 e. The van der Waals surface area contributed by atoms with Crippen LogP contribution in [0.25, 0.3) is 77.3 Å². The van der Waals surface area contributed by atoms with E-state index in [1.807, 2.05) is 12.1 Å². The van der Waals surface area contributed by atoms with Crippen molar-refractivity contribution in [2.24, 2.45) is 0 Å². The third kappa shape index (κ3) is 4.61. The maximum absolute atomic E-state index is 6.57. The van der Waals surface area contributed by atoms with Crippen LogP contribution < -0.4 is 4.90 Å². The van der Waals surface area contributed by atoms with Gasteiger partial charge in [-0.05, 0) is 105 Å². The van der Waals surface area contributed by atoms with Gasteiger partial charge in [0.15, 0.2) is 0 Å². The molecular weight excluding hydrogens is 659 g/mol. The topological polar surface area (TPSA) is 29.5 Å². The lowest BCUT2D eigenvalue weighted by Crippen LogP contribution is -2.16. The van der Waals surface area contributed by atoms with Crippen molar-refractivity contribution < 1.29 is 8.83 Å². The molecule has 8 aromatic carbocycles. The summed E-state index contributed by atoms with van der Waals surface area (Å²) in [4.78, 5) is 2.38. The van der Waals surface area contributed by atoms with Crippen molar-refractivity contribution in [1.82, 2.24) is 0 Å². The second-order valence-electron chi connectivity index (χ2n) is 14.9. The summed E-state index contributed by atoms with van der Waals surface area (Å²) < 4.78 is 13.0. The molecule has 3 nitrogen and oxygen atoms in total. The number of fused-ring (bicyclic) bond motifs is 9. The quantitative estimate of drug-likeness (QED) is 0.180. The van der Waals surface area contributed by atoms with Crippen LogP contribution in [0.5, 0.6) is 0 Å². The van der Waals surface area contributed by atoms with Crippen LogP contribution in [0.2, 0.25) is 0 Å². The van der Waals surface area contributed by atoms with E-state index in [1.165, 1.54) is 38.9 Å². The predicted octanol–water partition coefficient (Wildman–Crippen LogP) is 14.6. The SMILES string of the molecule is CC1(C)c2ccc(-c3ccccc3)cc2-c2ccc(N(c3ccc4c(c3)oc3ccccc34)c3cccc4oc5ccc(-c6ccccc6)cc5c34)cc21. The molecule has 2 heterocycles. The lowest BCUT2D eigenvalue weighted by atomic mass is 9.82. The average Bonchev–Trinajstić information content (AvgIpc) is 3.86. The van der Waals surface area contributed by atoms with Gasteiger partial charge in [-0.2, -0.15) is 0 Å². The summed E-state index contributed by atoms with van der Waals surface area (Å²) in [7, 11) is 0. The van der Waals surface area contributed by atoms with Gasteiger partial charge in [-0.15, -0.1) is 0 Å². The van der Waals surface area contributed by atoms with Crippen molar-refractivity contribution in [2.45, 2.75) is 19.3 Å². The number of rotatable bonds is 5. The standard InChI is InChI=1S/C51H35NO2/c1-51(2)43-26-20-34(32-12-5-3-6-13-32)28-41(43)38-24-22-36(30-44(38)51)52(37-23-25-40-39-16-9-10-18-46(39)54-49(40)31-37)45-17-11-19-48-50(45)42-29-35(21-27-47(42)53-48)33-14-7-4-8-15-33/h3-31H,1-2H3. The first-order chi connectivity index (χ1) is 26.5. The summed E-state index contributed by atoms with van der Waals surface area (Å²) in [5.74, 6) is 0. The Morgan fingerprint density at radius 1 is 0.389 bits per heavy atom. The molecule has 0 N–H and O–H groups in total. The molecule has 0 saturated heterocycles. The maximum Gasteiger partial charge on any atom is 0.137 e. The van der Waals surface area contributed by atoms with E-state index in [4.69, 9.17) is 8.83 Å². The van der Waals surface area contributed by atoms with Gasteiger partial charge < -0.3 is 13.7 Å². The number of furan rings is 2. The molecule has 0 spiro atoms. The Balaban J connectivity index is 1.14. The molecule has 256 valence electrons. The number of hydrogen-bond acceptors (Lipinski definition) is 3. The third-order valence-electron chi connectivity index (χ3n) is 11.5. The van der Waals surface area contributed by atoms with E-state index < -0.39 is 0 Å². The molecule has 1 aliphatic rings. The van der Waals surface area contributed by atoms with Crippen LogP contribution in [-0.2, 0) is 5.41 Å². The third-order valence-corrected chi connectivity index (χ3v) is 11.5. The molecule has 10 aromatic rings. The van der Waals surface area contributed by atoms with E-state index in [2.05, 4.69) is 183 Å². The predicted molar refractivity (Wildman–Crippen MR) is 224 cm³/mol. The fourth-order valence-corrected chi connectivity index (χ4v) is 8.78. The number of para-hydroxylation sites is 1. The van der Waals surface area contributed by atoms with Crippen molar-refractivity contribution in [3.05, 3.63) is 187 Å². The number of hydrogen-bond donors (Lipinski definition) is 0. The lowest BCUT2D eigenvalue weighted by Gasteiger charge is -2.28. The highest BCUT2D eigenvalue weighted by molar-refractivity contribution is 6.15. The molecule has 11 rings (SSSR count). The van der Waals surface area contributed by atoms with E-state index in [0.29, 0.717) is 0 Å². The second kappa shape index (κ2) is 11.6. The average molecular weight is 694 g/mol. The maximum atomic E-state index is 6.57. The first kappa shape index (κ1) is 30.8. The van der Waals surface area contributed by atoms with Crippen LogP contribution in [0, 0.1) is 0 Å². The zero-order valence-electron chi connectivity index (χ0n) is 30.0. The molecule has 0 amide bonds. The van der Waals surface area contributed by atoms with Crippen molar-refractivity contribution in [2.75, 3.05) is 4.90 Å². The summed E-state index contributed by atoms with van der Waals surface area (Å²) in [5.41, 5.74) is 16.4. The van der Waals surface area contributed by atoms with Gasteiger partial charge in [-0.1, -0.05) is 123 Å². The molecule has 3 heteroatoms. The van der Waals surface area contributed by atoms with Gasteiger partial charge in [-0.25, -0.2) is 0 Å². The number of anilines is 3. The molecule has 0 fully saturated rings. The van der Waals surface area contributed by atoms with Crippen molar-refractivity contribution in [1.29, 1.82) is 0 Å². The van der Waals surface area contributed by atoms with Gasteiger partial charge in [-0.3, -0.25) is 0 Å². The van der Waals surface area contributed by atoms with Gasteiger partial charge >= 0.3 is 0 Å². The minimum absolute atomic E-state index is 0.191. The van der Waals surface area contributed by atoms with Gasteiger partial charge in [0.2, 0.25) is 0 Å². The Labute approximate surface area is 313 Å². The highest BCUT2D eigenvalue weighted by Crippen LogP contribution is 2.52. The number of nitrogens with zero attached hydrogens (tertiary/aromatic N) is 1. The van der Waals surface area contributed by atoms with Gasteiger partial charge in [0, 0.05) is 39.0 Å².